The fourth-order valence-electron chi connectivity index (χ4n) is 7.20. The number of carboxylic acid groups (broad SMARTS) is 1. The third-order valence-electron chi connectivity index (χ3n) is 9.54. The lowest BCUT2D eigenvalue weighted by atomic mass is 9.83. The zero-order valence-electron chi connectivity index (χ0n) is 23.2. The maximum Gasteiger partial charge on any atom is 0.306 e. The lowest BCUT2D eigenvalue weighted by Crippen LogP contribution is -2.48. The molecule has 2 aromatic rings. The Balaban J connectivity index is 1.16. The lowest BCUT2D eigenvalue weighted by Gasteiger charge is -2.31. The van der Waals surface area contributed by atoms with Crippen LogP contribution in [0.1, 0.15) is 79.6 Å². The average Bonchev–Trinajstić information content (AvgIpc) is 3.63. The molecular weight excluding hydrogens is 527 g/mol. The first-order valence-electron chi connectivity index (χ1n) is 14.8. The van der Waals surface area contributed by atoms with Crippen LogP contribution in [0, 0.1) is 29.5 Å². The van der Waals surface area contributed by atoms with Crippen LogP contribution < -0.4 is 20.1 Å². The van der Waals surface area contributed by atoms with Crippen LogP contribution in [-0.4, -0.2) is 42.1 Å². The van der Waals surface area contributed by atoms with Gasteiger partial charge in [-0.1, -0.05) is 12.1 Å². The van der Waals surface area contributed by atoms with Crippen molar-refractivity contribution in [3.63, 3.8) is 0 Å². The molecule has 6 rings (SSSR count). The molecule has 2 amide bonds. The Kier molecular flexibility index (Phi) is 7.62. The molecule has 218 valence electrons. The molecule has 0 spiro atoms. The van der Waals surface area contributed by atoms with Crippen molar-refractivity contribution in [1.29, 1.82) is 0 Å². The van der Waals surface area contributed by atoms with Crippen LogP contribution >= 0.6 is 0 Å². The summed E-state index contributed by atoms with van der Waals surface area (Å²) in [6.07, 6.45) is 6.75. The van der Waals surface area contributed by atoms with Gasteiger partial charge in [0.05, 0.1) is 30.6 Å². The number of anilines is 1. The molecule has 4 fully saturated rings. The van der Waals surface area contributed by atoms with Crippen molar-refractivity contribution in [3.05, 3.63) is 53.3 Å². The summed E-state index contributed by atoms with van der Waals surface area (Å²) in [6.45, 7) is 0. The Morgan fingerprint density at radius 1 is 0.927 bits per heavy atom. The minimum Gasteiger partial charge on any atom is -0.496 e. The largest absolute Gasteiger partial charge is 0.496 e. The van der Waals surface area contributed by atoms with E-state index in [1.165, 1.54) is 31.6 Å². The molecule has 0 heterocycles. The van der Waals surface area contributed by atoms with E-state index in [-0.39, 0.29) is 52.9 Å². The van der Waals surface area contributed by atoms with Crippen molar-refractivity contribution in [2.24, 2.45) is 23.7 Å². The number of ether oxygens (including phenoxy) is 2. The zero-order valence-corrected chi connectivity index (χ0v) is 23.2. The van der Waals surface area contributed by atoms with Gasteiger partial charge in [0.2, 0.25) is 5.91 Å². The van der Waals surface area contributed by atoms with E-state index in [1.54, 1.807) is 0 Å². The van der Waals surface area contributed by atoms with Gasteiger partial charge in [-0.05, 0) is 99.3 Å². The highest BCUT2D eigenvalue weighted by Crippen LogP contribution is 2.49. The zero-order chi connectivity index (χ0) is 28.7. The number of rotatable bonds is 9. The van der Waals surface area contributed by atoms with Crippen LogP contribution in [0.2, 0.25) is 0 Å². The van der Waals surface area contributed by atoms with Crippen LogP contribution in [-0.2, 0) is 9.59 Å². The molecule has 2 bridgehead atoms. The van der Waals surface area contributed by atoms with E-state index in [0.717, 1.165) is 31.0 Å². The topological polar surface area (TPSA) is 114 Å². The van der Waals surface area contributed by atoms with Gasteiger partial charge in [0, 0.05) is 17.8 Å². The predicted octanol–water partition coefficient (Wildman–Crippen LogP) is 5.52. The molecule has 41 heavy (non-hydrogen) atoms. The van der Waals surface area contributed by atoms with E-state index in [1.807, 2.05) is 12.1 Å². The fraction of sp³-hybridized carbons (Fsp3) is 0.531. The smallest absolute Gasteiger partial charge is 0.306 e. The van der Waals surface area contributed by atoms with E-state index in [0.29, 0.717) is 31.6 Å². The Bertz CT molecular complexity index is 1340. The van der Waals surface area contributed by atoms with Gasteiger partial charge in [-0.3, -0.25) is 14.4 Å². The summed E-state index contributed by atoms with van der Waals surface area (Å²) < 4.78 is 26.2. The standard InChI is InChI=1S/C32H37FN2O6/c1-40-26-16-25(33)27(41-23-11-9-18(10-12-23)32(38)39)15-24(26)30(36)35-29-21-8-7-20(13-21)28(29)31(37)34-22-4-2-3-19(14-22)17-5-6-17/h2-4,14-18,20-21,23,28-29H,5-13H2,1H3,(H,34,37)(H,35,36)(H,38,39)/t18-,20-,21+,23+,28+,29-/m1/s1. The molecule has 4 saturated carbocycles. The number of carbonyl (C=O) groups excluding carboxylic acids is 2. The van der Waals surface area contributed by atoms with Gasteiger partial charge < -0.3 is 25.2 Å². The van der Waals surface area contributed by atoms with Gasteiger partial charge in [0.1, 0.15) is 5.75 Å². The molecule has 9 heteroatoms. The van der Waals surface area contributed by atoms with E-state index in [2.05, 4.69) is 22.8 Å². The van der Waals surface area contributed by atoms with Gasteiger partial charge in [-0.2, -0.15) is 0 Å². The van der Waals surface area contributed by atoms with Gasteiger partial charge in [0.25, 0.3) is 5.91 Å². The molecule has 4 atom stereocenters. The van der Waals surface area contributed by atoms with E-state index >= 15 is 0 Å². The van der Waals surface area contributed by atoms with Crippen molar-refractivity contribution in [1.82, 2.24) is 5.32 Å². The SMILES string of the molecule is COc1cc(F)c(O[C@H]2CC[C@@H](C(=O)O)CC2)cc1C(=O)N[C@@H]1[C@H]2CC[C@H](C2)[C@@H]1C(=O)Nc1cccc(C2CC2)c1. The number of carbonyl (C=O) groups is 3. The van der Waals surface area contributed by atoms with Crippen LogP contribution in [0.25, 0.3) is 0 Å². The van der Waals surface area contributed by atoms with E-state index in [4.69, 9.17) is 9.47 Å². The number of amides is 2. The number of nitrogens with one attached hydrogen (secondary N) is 2. The molecule has 2 aromatic carbocycles. The summed E-state index contributed by atoms with van der Waals surface area (Å²) in [5.74, 6) is -1.75. The third-order valence-corrected chi connectivity index (χ3v) is 9.54. The molecule has 0 aromatic heterocycles. The first-order chi connectivity index (χ1) is 19.8. The molecule has 0 unspecified atom stereocenters. The first-order valence-corrected chi connectivity index (χ1v) is 14.8. The van der Waals surface area contributed by atoms with Crippen molar-refractivity contribution in [2.75, 3.05) is 12.4 Å². The number of benzene rings is 2. The quantitative estimate of drug-likeness (QED) is 0.370. The number of fused-ring (bicyclic) bond motifs is 2. The van der Waals surface area contributed by atoms with Crippen molar-refractivity contribution >= 4 is 23.5 Å². The molecule has 0 saturated heterocycles. The number of methoxy groups -OCH3 is 1. The van der Waals surface area contributed by atoms with Crippen molar-refractivity contribution in [3.8, 4) is 11.5 Å². The number of aliphatic carboxylic acids is 1. The second-order valence-electron chi connectivity index (χ2n) is 12.2. The van der Waals surface area contributed by atoms with Gasteiger partial charge in [0.15, 0.2) is 11.6 Å². The van der Waals surface area contributed by atoms with Gasteiger partial charge >= 0.3 is 5.97 Å². The maximum absolute atomic E-state index is 14.9. The third kappa shape index (κ3) is 5.76. The minimum absolute atomic E-state index is 0.0625. The summed E-state index contributed by atoms with van der Waals surface area (Å²) in [4.78, 5) is 38.4. The minimum atomic E-state index is -0.822. The first kappa shape index (κ1) is 27.5. The monoisotopic (exact) mass is 564 g/mol. The average molecular weight is 565 g/mol. The van der Waals surface area contributed by atoms with Crippen molar-refractivity contribution in [2.45, 2.75) is 75.9 Å². The number of halogens is 1. The summed E-state index contributed by atoms with van der Waals surface area (Å²) in [6, 6.07) is 10.2. The molecular formula is C32H37FN2O6. The number of hydrogen-bond acceptors (Lipinski definition) is 5. The second kappa shape index (κ2) is 11.3. The van der Waals surface area contributed by atoms with Crippen LogP contribution in [0.4, 0.5) is 10.1 Å². The highest BCUT2D eigenvalue weighted by Gasteiger charge is 2.51. The summed E-state index contributed by atoms with van der Waals surface area (Å²) in [5, 5.41) is 15.5. The summed E-state index contributed by atoms with van der Waals surface area (Å²) in [7, 11) is 1.38. The van der Waals surface area contributed by atoms with Crippen LogP contribution in [0.5, 0.6) is 11.5 Å². The Morgan fingerprint density at radius 3 is 2.39 bits per heavy atom. The molecule has 4 aliphatic carbocycles. The number of carboxylic acids is 1. The summed E-state index contributed by atoms with van der Waals surface area (Å²) in [5.41, 5.74) is 2.17. The maximum atomic E-state index is 14.9. The molecule has 3 N–H and O–H groups in total. The molecule has 0 radical (unpaired) electrons. The van der Waals surface area contributed by atoms with E-state index in [9.17, 15) is 23.9 Å². The van der Waals surface area contributed by atoms with Crippen LogP contribution in [0.3, 0.4) is 0 Å². The highest BCUT2D eigenvalue weighted by atomic mass is 19.1. The Labute approximate surface area is 239 Å². The lowest BCUT2D eigenvalue weighted by molar-refractivity contribution is -0.143. The predicted molar refractivity (Wildman–Crippen MR) is 150 cm³/mol. The molecule has 4 aliphatic rings. The Hall–Kier alpha value is -3.62. The van der Waals surface area contributed by atoms with Crippen LogP contribution in [0.15, 0.2) is 36.4 Å². The second-order valence-corrected chi connectivity index (χ2v) is 12.2. The fourth-order valence-corrected chi connectivity index (χ4v) is 7.20. The van der Waals surface area contributed by atoms with E-state index < -0.39 is 23.6 Å². The van der Waals surface area contributed by atoms with Crippen molar-refractivity contribution < 1.29 is 33.4 Å². The van der Waals surface area contributed by atoms with Gasteiger partial charge in [-0.15, -0.1) is 0 Å². The number of hydrogen-bond donors (Lipinski definition) is 3. The van der Waals surface area contributed by atoms with Gasteiger partial charge in [-0.25, -0.2) is 4.39 Å². The highest BCUT2D eigenvalue weighted by molar-refractivity contribution is 5.99. The normalized spacial score (nSPS) is 28.6. The molecule has 8 nitrogen and oxygen atoms in total. The molecule has 0 aliphatic heterocycles. The summed E-state index contributed by atoms with van der Waals surface area (Å²) >= 11 is 0. The Morgan fingerprint density at radius 2 is 1.68 bits per heavy atom.